The fourth-order valence-corrected chi connectivity index (χ4v) is 2.08. The van der Waals surface area contributed by atoms with Crippen LogP contribution in [0, 0.1) is 6.92 Å². The van der Waals surface area contributed by atoms with Gasteiger partial charge in [-0.2, -0.15) is 0 Å². The van der Waals surface area contributed by atoms with Crippen LogP contribution in [0.4, 0.5) is 0 Å². The second-order valence-corrected chi connectivity index (χ2v) is 4.59. The van der Waals surface area contributed by atoms with Crippen LogP contribution >= 0.6 is 0 Å². The van der Waals surface area contributed by atoms with Gasteiger partial charge in [-0.3, -0.25) is 0 Å². The molecule has 1 aliphatic heterocycles. The van der Waals surface area contributed by atoms with Crippen molar-refractivity contribution in [2.45, 2.75) is 45.2 Å². The first kappa shape index (κ1) is 11.6. The monoisotopic (exact) mass is 223 g/mol. The summed E-state index contributed by atoms with van der Waals surface area (Å²) in [6.45, 7) is 6.15. The van der Waals surface area contributed by atoms with Gasteiger partial charge >= 0.3 is 0 Å². The standard InChI is InChI=1S/C12H21N3O/c1-9-7-15-12(16-9)10(2)14-8-11-5-3-4-6-13-11/h7,10-11,13-14H,3-6,8H2,1-2H3. The first-order valence-electron chi connectivity index (χ1n) is 6.15. The molecule has 2 N–H and O–H groups in total. The van der Waals surface area contributed by atoms with E-state index < -0.39 is 0 Å². The number of nitrogens with one attached hydrogen (secondary N) is 2. The van der Waals surface area contributed by atoms with Crippen molar-refractivity contribution < 1.29 is 4.42 Å². The van der Waals surface area contributed by atoms with Crippen molar-refractivity contribution in [3.05, 3.63) is 17.8 Å². The predicted octanol–water partition coefficient (Wildman–Crippen LogP) is 1.78. The Morgan fingerprint density at radius 1 is 1.62 bits per heavy atom. The molecule has 4 nitrogen and oxygen atoms in total. The van der Waals surface area contributed by atoms with Crippen molar-refractivity contribution in [1.82, 2.24) is 15.6 Å². The molecule has 1 saturated heterocycles. The molecule has 2 atom stereocenters. The van der Waals surface area contributed by atoms with Crippen LogP contribution < -0.4 is 10.6 Å². The third kappa shape index (κ3) is 3.06. The lowest BCUT2D eigenvalue weighted by atomic mass is 10.0. The van der Waals surface area contributed by atoms with Crippen molar-refractivity contribution >= 4 is 0 Å². The summed E-state index contributed by atoms with van der Waals surface area (Å²) in [7, 11) is 0. The fraction of sp³-hybridized carbons (Fsp3) is 0.750. The minimum Gasteiger partial charge on any atom is -0.444 e. The van der Waals surface area contributed by atoms with Crippen molar-refractivity contribution in [2.24, 2.45) is 0 Å². The van der Waals surface area contributed by atoms with E-state index in [0.717, 1.165) is 24.7 Å². The van der Waals surface area contributed by atoms with Crippen LogP contribution in [-0.4, -0.2) is 24.1 Å². The first-order valence-corrected chi connectivity index (χ1v) is 6.15. The predicted molar refractivity (Wildman–Crippen MR) is 63.3 cm³/mol. The van der Waals surface area contributed by atoms with Crippen LogP contribution in [0.1, 0.15) is 43.9 Å². The summed E-state index contributed by atoms with van der Waals surface area (Å²) >= 11 is 0. The van der Waals surface area contributed by atoms with E-state index in [9.17, 15) is 0 Å². The third-order valence-corrected chi connectivity index (χ3v) is 3.09. The Morgan fingerprint density at radius 3 is 3.12 bits per heavy atom. The summed E-state index contributed by atoms with van der Waals surface area (Å²) in [6.07, 6.45) is 5.69. The average molecular weight is 223 g/mol. The molecule has 0 spiro atoms. The van der Waals surface area contributed by atoms with Crippen LogP contribution in [0.3, 0.4) is 0 Å². The maximum absolute atomic E-state index is 5.49. The molecule has 1 aromatic heterocycles. The Kier molecular flexibility index (Phi) is 3.96. The molecule has 4 heteroatoms. The van der Waals surface area contributed by atoms with Crippen LogP contribution in [0.2, 0.25) is 0 Å². The molecular weight excluding hydrogens is 202 g/mol. The highest BCUT2D eigenvalue weighted by Crippen LogP contribution is 2.13. The van der Waals surface area contributed by atoms with Crippen molar-refractivity contribution in [3.63, 3.8) is 0 Å². The maximum Gasteiger partial charge on any atom is 0.211 e. The minimum absolute atomic E-state index is 0.192. The van der Waals surface area contributed by atoms with Gasteiger partial charge in [0.15, 0.2) is 0 Å². The lowest BCUT2D eigenvalue weighted by Crippen LogP contribution is -2.42. The first-order chi connectivity index (χ1) is 7.75. The van der Waals surface area contributed by atoms with E-state index in [0.29, 0.717) is 6.04 Å². The Morgan fingerprint density at radius 2 is 2.50 bits per heavy atom. The Balaban J connectivity index is 1.76. The molecule has 1 fully saturated rings. The van der Waals surface area contributed by atoms with E-state index in [1.807, 2.05) is 6.92 Å². The minimum atomic E-state index is 0.192. The van der Waals surface area contributed by atoms with Gasteiger partial charge in [0.2, 0.25) is 5.89 Å². The summed E-state index contributed by atoms with van der Waals surface area (Å²) in [6, 6.07) is 0.796. The van der Waals surface area contributed by atoms with E-state index in [1.54, 1.807) is 6.20 Å². The lowest BCUT2D eigenvalue weighted by molar-refractivity contribution is 0.347. The number of nitrogens with zero attached hydrogens (tertiary/aromatic N) is 1. The molecule has 2 unspecified atom stereocenters. The van der Waals surface area contributed by atoms with Crippen LogP contribution in [-0.2, 0) is 0 Å². The fourth-order valence-electron chi connectivity index (χ4n) is 2.08. The summed E-state index contributed by atoms with van der Waals surface area (Å²) in [5.74, 6) is 1.66. The maximum atomic E-state index is 5.49. The van der Waals surface area contributed by atoms with Gasteiger partial charge in [0, 0.05) is 12.6 Å². The Bertz CT molecular complexity index is 318. The molecule has 90 valence electrons. The number of aryl methyl sites for hydroxylation is 1. The van der Waals surface area contributed by atoms with Crippen LogP contribution in [0.25, 0.3) is 0 Å². The molecule has 1 aromatic rings. The zero-order valence-corrected chi connectivity index (χ0v) is 10.1. The van der Waals surface area contributed by atoms with Gasteiger partial charge in [-0.15, -0.1) is 0 Å². The highest BCUT2D eigenvalue weighted by atomic mass is 16.4. The van der Waals surface area contributed by atoms with Gasteiger partial charge in [-0.05, 0) is 33.2 Å². The SMILES string of the molecule is Cc1cnc(C(C)NCC2CCCCN2)o1. The Hall–Kier alpha value is -0.870. The molecule has 0 bridgehead atoms. The smallest absolute Gasteiger partial charge is 0.211 e. The van der Waals surface area contributed by atoms with E-state index in [4.69, 9.17) is 4.42 Å². The summed E-state index contributed by atoms with van der Waals surface area (Å²) in [4.78, 5) is 4.23. The molecule has 1 aliphatic rings. The van der Waals surface area contributed by atoms with Gasteiger partial charge < -0.3 is 15.1 Å². The molecule has 16 heavy (non-hydrogen) atoms. The van der Waals surface area contributed by atoms with Crippen molar-refractivity contribution in [1.29, 1.82) is 0 Å². The highest BCUT2D eigenvalue weighted by Gasteiger charge is 2.15. The molecule has 2 heterocycles. The zero-order valence-electron chi connectivity index (χ0n) is 10.1. The second-order valence-electron chi connectivity index (χ2n) is 4.59. The third-order valence-electron chi connectivity index (χ3n) is 3.09. The topological polar surface area (TPSA) is 50.1 Å². The number of hydrogen-bond acceptors (Lipinski definition) is 4. The second kappa shape index (κ2) is 5.46. The molecule has 2 rings (SSSR count). The molecule has 0 radical (unpaired) electrons. The van der Waals surface area contributed by atoms with E-state index in [2.05, 4.69) is 22.5 Å². The number of oxazole rings is 1. The van der Waals surface area contributed by atoms with Gasteiger partial charge in [0.05, 0.1) is 12.2 Å². The number of piperidine rings is 1. The molecule has 0 amide bonds. The van der Waals surface area contributed by atoms with Gasteiger partial charge in [-0.25, -0.2) is 4.98 Å². The summed E-state index contributed by atoms with van der Waals surface area (Å²) in [5.41, 5.74) is 0. The van der Waals surface area contributed by atoms with Crippen molar-refractivity contribution in [2.75, 3.05) is 13.1 Å². The van der Waals surface area contributed by atoms with Crippen LogP contribution in [0.5, 0.6) is 0 Å². The molecule has 0 aliphatic carbocycles. The molecule has 0 saturated carbocycles. The highest BCUT2D eigenvalue weighted by molar-refractivity contribution is 4.95. The van der Waals surface area contributed by atoms with E-state index in [1.165, 1.54) is 19.3 Å². The average Bonchev–Trinajstić information content (AvgIpc) is 2.74. The van der Waals surface area contributed by atoms with E-state index in [-0.39, 0.29) is 6.04 Å². The summed E-state index contributed by atoms with van der Waals surface area (Å²) in [5, 5.41) is 6.98. The largest absolute Gasteiger partial charge is 0.444 e. The van der Waals surface area contributed by atoms with E-state index >= 15 is 0 Å². The van der Waals surface area contributed by atoms with Crippen molar-refractivity contribution in [3.8, 4) is 0 Å². The summed E-state index contributed by atoms with van der Waals surface area (Å²) < 4.78 is 5.49. The lowest BCUT2D eigenvalue weighted by Gasteiger charge is -2.24. The van der Waals surface area contributed by atoms with Gasteiger partial charge in [0.1, 0.15) is 5.76 Å². The zero-order chi connectivity index (χ0) is 11.4. The number of hydrogen-bond donors (Lipinski definition) is 2. The Labute approximate surface area is 96.8 Å². The van der Waals surface area contributed by atoms with Crippen LogP contribution in [0.15, 0.2) is 10.6 Å². The van der Waals surface area contributed by atoms with Gasteiger partial charge in [-0.1, -0.05) is 6.42 Å². The molecular formula is C12H21N3O. The van der Waals surface area contributed by atoms with Gasteiger partial charge in [0.25, 0.3) is 0 Å². The number of aromatic nitrogens is 1. The molecule has 0 aromatic carbocycles. The number of rotatable bonds is 4. The quantitative estimate of drug-likeness (QED) is 0.817. The normalized spacial score (nSPS) is 23.2.